The molecule has 1 heterocycles. The lowest BCUT2D eigenvalue weighted by molar-refractivity contribution is 0.0446. The van der Waals surface area contributed by atoms with E-state index in [-0.39, 0.29) is 37.1 Å². The zero-order valence-electron chi connectivity index (χ0n) is 15.2. The molecule has 5 atom stereocenters. The van der Waals surface area contributed by atoms with E-state index >= 15 is 0 Å². The van der Waals surface area contributed by atoms with Crippen molar-refractivity contribution in [2.45, 2.75) is 78.2 Å². The molecule has 0 saturated carbocycles. The minimum absolute atomic E-state index is 0.00362. The standard InChI is InChI=1S/C15H28BN2O3P/c1-10(2)18(11(3)4)22(19-9-7-8-17)21-14-12(5)15(16)20-13(14)6/h10-15H,7,9H2,1-6H3/t12?,13-,14-,15-,22?/m1/s1/i6D. The summed E-state index contributed by atoms with van der Waals surface area (Å²) in [6, 6.07) is 2.15. The quantitative estimate of drug-likeness (QED) is 0.389. The number of nitrogens with zero attached hydrogens (tertiary/aromatic N) is 2. The van der Waals surface area contributed by atoms with Crippen LogP contribution in [0, 0.1) is 17.2 Å². The fourth-order valence-electron chi connectivity index (χ4n) is 2.49. The SMILES string of the molecule is [2H]C[C@H]1O[C@@H]([B])C(C)[C@H]1OP(OCCC#N)N(C(C)C)C(C)C. The molecule has 0 aromatic heterocycles. The molecule has 124 valence electrons. The molecule has 0 bridgehead atoms. The maximum absolute atomic E-state index is 8.74. The van der Waals surface area contributed by atoms with Gasteiger partial charge >= 0.3 is 0 Å². The lowest BCUT2D eigenvalue weighted by Crippen LogP contribution is -2.36. The van der Waals surface area contributed by atoms with Crippen LogP contribution in [0.3, 0.4) is 0 Å². The number of hydrogen-bond acceptors (Lipinski definition) is 5. The average Bonchev–Trinajstić information content (AvgIpc) is 2.74. The van der Waals surface area contributed by atoms with Crippen molar-refractivity contribution in [1.82, 2.24) is 4.67 Å². The van der Waals surface area contributed by atoms with Crippen molar-refractivity contribution >= 4 is 16.4 Å². The highest BCUT2D eigenvalue weighted by molar-refractivity contribution is 7.44. The molecule has 0 N–H and O–H groups in total. The Bertz CT molecular complexity index is 389. The van der Waals surface area contributed by atoms with E-state index in [1.165, 1.54) is 0 Å². The van der Waals surface area contributed by atoms with Crippen LogP contribution in [0.1, 0.15) is 49.3 Å². The minimum atomic E-state index is -1.34. The van der Waals surface area contributed by atoms with Crippen molar-refractivity contribution < 1.29 is 15.2 Å². The van der Waals surface area contributed by atoms with Gasteiger partial charge in [0.25, 0.3) is 8.53 Å². The van der Waals surface area contributed by atoms with E-state index in [9.17, 15) is 0 Å². The Morgan fingerprint density at radius 2 is 2.05 bits per heavy atom. The second kappa shape index (κ2) is 9.20. The van der Waals surface area contributed by atoms with Crippen LogP contribution in [0.2, 0.25) is 0 Å². The van der Waals surface area contributed by atoms with Gasteiger partial charge in [0.1, 0.15) is 7.85 Å². The first kappa shape index (κ1) is 18.2. The van der Waals surface area contributed by atoms with Crippen molar-refractivity contribution in [3.63, 3.8) is 0 Å². The van der Waals surface area contributed by atoms with Gasteiger partial charge < -0.3 is 13.8 Å². The van der Waals surface area contributed by atoms with Gasteiger partial charge in [0.05, 0.1) is 31.3 Å². The molecular formula is C15H28BN2O3P. The third-order valence-electron chi connectivity index (χ3n) is 3.61. The highest BCUT2D eigenvalue weighted by Gasteiger charge is 2.41. The first-order valence-electron chi connectivity index (χ1n) is 8.49. The number of ether oxygens (including phenoxy) is 1. The molecule has 7 heteroatoms. The minimum Gasteiger partial charge on any atom is -0.382 e. The normalized spacial score (nSPS) is 30.8. The second-order valence-corrected chi connectivity index (χ2v) is 7.52. The van der Waals surface area contributed by atoms with Gasteiger partial charge in [-0.1, -0.05) is 6.92 Å². The second-order valence-electron chi connectivity index (χ2n) is 6.11. The van der Waals surface area contributed by atoms with E-state index in [1.807, 2.05) is 6.92 Å². The summed E-state index contributed by atoms with van der Waals surface area (Å²) < 4.78 is 27.6. The zero-order valence-corrected chi connectivity index (χ0v) is 15.1. The van der Waals surface area contributed by atoms with Gasteiger partial charge in [-0.25, -0.2) is 4.67 Å². The average molecular weight is 327 g/mol. The third kappa shape index (κ3) is 5.18. The number of nitriles is 1. The Morgan fingerprint density at radius 3 is 2.55 bits per heavy atom. The largest absolute Gasteiger partial charge is 0.382 e. The molecule has 1 aliphatic rings. The van der Waals surface area contributed by atoms with Crippen LogP contribution in [-0.4, -0.2) is 49.4 Å². The molecule has 2 radical (unpaired) electrons. The molecule has 5 nitrogen and oxygen atoms in total. The zero-order chi connectivity index (χ0) is 17.6. The predicted molar refractivity (Wildman–Crippen MR) is 89.3 cm³/mol. The van der Waals surface area contributed by atoms with Crippen LogP contribution in [-0.2, 0) is 13.8 Å². The Morgan fingerprint density at radius 1 is 1.41 bits per heavy atom. The monoisotopic (exact) mass is 327 g/mol. The predicted octanol–water partition coefficient (Wildman–Crippen LogP) is 3.20. The van der Waals surface area contributed by atoms with Crippen LogP contribution in [0.25, 0.3) is 0 Å². The summed E-state index contributed by atoms with van der Waals surface area (Å²) in [4.78, 5) is 0. The summed E-state index contributed by atoms with van der Waals surface area (Å²) in [6.07, 6.45) is -0.286. The van der Waals surface area contributed by atoms with Gasteiger partial charge in [-0.2, -0.15) is 5.26 Å². The van der Waals surface area contributed by atoms with Gasteiger partial charge in [0.2, 0.25) is 0 Å². The van der Waals surface area contributed by atoms with Crippen LogP contribution in [0.15, 0.2) is 0 Å². The van der Waals surface area contributed by atoms with Crippen LogP contribution in [0.5, 0.6) is 0 Å². The highest BCUT2D eigenvalue weighted by atomic mass is 31.2. The summed E-state index contributed by atoms with van der Waals surface area (Å²) in [5.74, 6) is -0.00362. The van der Waals surface area contributed by atoms with E-state index in [1.54, 1.807) is 0 Å². The molecule has 0 spiro atoms. The van der Waals surface area contributed by atoms with E-state index in [0.29, 0.717) is 13.0 Å². The summed E-state index contributed by atoms with van der Waals surface area (Å²) in [6.45, 7) is 10.8. The highest BCUT2D eigenvalue weighted by Crippen LogP contribution is 2.49. The van der Waals surface area contributed by atoms with Crippen molar-refractivity contribution in [3.8, 4) is 6.07 Å². The molecule has 1 rings (SSSR count). The fraction of sp³-hybridized carbons (Fsp3) is 0.933. The topological polar surface area (TPSA) is 54.7 Å². The lowest BCUT2D eigenvalue weighted by atomic mass is 9.86. The van der Waals surface area contributed by atoms with Crippen molar-refractivity contribution in [2.75, 3.05) is 6.61 Å². The lowest BCUT2D eigenvalue weighted by Gasteiger charge is -2.37. The molecule has 0 amide bonds. The van der Waals surface area contributed by atoms with E-state index in [0.717, 1.165) is 0 Å². The molecule has 1 aliphatic heterocycles. The first-order chi connectivity index (χ1) is 10.8. The maximum atomic E-state index is 8.74. The van der Waals surface area contributed by atoms with Gasteiger partial charge in [0, 0.05) is 25.4 Å². The Labute approximate surface area is 139 Å². The van der Waals surface area contributed by atoms with Crippen molar-refractivity contribution in [1.29, 1.82) is 5.26 Å². The fourth-order valence-corrected chi connectivity index (χ4v) is 4.33. The summed E-state index contributed by atoms with van der Waals surface area (Å²) >= 11 is 0. The van der Waals surface area contributed by atoms with Crippen molar-refractivity contribution in [2.24, 2.45) is 5.92 Å². The smallest absolute Gasteiger partial charge is 0.259 e. The van der Waals surface area contributed by atoms with Gasteiger partial charge in [-0.3, -0.25) is 0 Å². The van der Waals surface area contributed by atoms with E-state index < -0.39 is 14.5 Å². The van der Waals surface area contributed by atoms with E-state index in [2.05, 4.69) is 38.4 Å². The molecule has 1 fully saturated rings. The summed E-state index contributed by atoms with van der Waals surface area (Å²) in [5, 5.41) is 8.74. The molecule has 1 saturated heterocycles. The first-order valence-corrected chi connectivity index (χ1v) is 8.91. The molecule has 2 unspecified atom stereocenters. The van der Waals surface area contributed by atoms with Gasteiger partial charge in [-0.15, -0.1) is 0 Å². The number of rotatable bonds is 8. The molecular weight excluding hydrogens is 298 g/mol. The summed E-state index contributed by atoms with van der Waals surface area (Å²) in [5.41, 5.74) is 0. The maximum Gasteiger partial charge on any atom is 0.259 e. The van der Waals surface area contributed by atoms with Gasteiger partial charge in [0.15, 0.2) is 0 Å². The van der Waals surface area contributed by atoms with Gasteiger partial charge in [-0.05, 0) is 34.6 Å². The third-order valence-corrected chi connectivity index (χ3v) is 5.74. The van der Waals surface area contributed by atoms with Crippen LogP contribution < -0.4 is 0 Å². The molecule has 0 aromatic carbocycles. The van der Waals surface area contributed by atoms with Crippen molar-refractivity contribution in [3.05, 3.63) is 0 Å². The Kier molecular flexibility index (Phi) is 7.60. The number of hydrogen-bond donors (Lipinski definition) is 0. The molecule has 0 aliphatic carbocycles. The van der Waals surface area contributed by atoms with Crippen LogP contribution >= 0.6 is 8.53 Å². The van der Waals surface area contributed by atoms with Crippen LogP contribution in [0.4, 0.5) is 0 Å². The molecule has 22 heavy (non-hydrogen) atoms. The Hall–Kier alpha value is -0.175. The Balaban J connectivity index is 2.88. The summed E-state index contributed by atoms with van der Waals surface area (Å²) in [7, 11) is 4.61. The van der Waals surface area contributed by atoms with E-state index in [4.69, 9.17) is 28.3 Å². The molecule has 0 aromatic rings.